The lowest BCUT2D eigenvalue weighted by Gasteiger charge is -2.49. The zero-order chi connectivity index (χ0) is 60.6. The Morgan fingerprint density at radius 2 is 1.05 bits per heavy atom. The summed E-state index contributed by atoms with van der Waals surface area (Å²) in [6, 6.07) is 104. The number of allylic oxidation sites excluding steroid dienone is 7. The smallest absolute Gasteiger partial charge is 0.249 e. The Balaban J connectivity index is 0.897. The van der Waals surface area contributed by atoms with Crippen LogP contribution in [0.5, 0.6) is 0 Å². The Hall–Kier alpha value is -10.1. The minimum Gasteiger partial charge on any atom is -0.333 e. The van der Waals surface area contributed by atoms with Crippen molar-refractivity contribution in [2.45, 2.75) is 44.6 Å². The summed E-state index contributed by atoms with van der Waals surface area (Å²) in [5.74, 6) is 0.190. The van der Waals surface area contributed by atoms with Crippen LogP contribution in [0.3, 0.4) is 0 Å². The minimum absolute atomic E-state index is 0.0371. The molecule has 0 aromatic heterocycles. The zero-order valence-corrected chi connectivity index (χ0v) is 52.3. The van der Waals surface area contributed by atoms with Crippen molar-refractivity contribution in [1.29, 1.82) is 0 Å². The highest BCUT2D eigenvalue weighted by atomic mass is 32.2. The van der Waals surface area contributed by atoms with E-state index >= 15 is 0 Å². The number of para-hydroxylation sites is 6. The van der Waals surface area contributed by atoms with E-state index in [1.165, 1.54) is 92.6 Å². The fourth-order valence-corrected chi connectivity index (χ4v) is 18.5. The molecule has 7 aliphatic rings. The Morgan fingerprint density at radius 1 is 0.457 bits per heavy atom. The normalized spacial score (nSPS) is 18.6. The van der Waals surface area contributed by atoms with E-state index in [4.69, 9.17) is 0 Å². The molecule has 11 aromatic carbocycles. The van der Waals surface area contributed by atoms with Crippen LogP contribution < -0.4 is 41.5 Å². The van der Waals surface area contributed by atoms with Crippen molar-refractivity contribution in [3.05, 3.63) is 350 Å². The van der Waals surface area contributed by atoms with Gasteiger partial charge in [0.2, 0.25) is 13.4 Å². The van der Waals surface area contributed by atoms with E-state index < -0.39 is 0 Å². The lowest BCUT2D eigenvalue weighted by Crippen LogP contribution is -2.59. The van der Waals surface area contributed by atoms with Crippen LogP contribution in [-0.2, 0) is 0 Å². The van der Waals surface area contributed by atoms with Crippen LogP contribution in [0.25, 0.3) is 16.7 Å². The van der Waals surface area contributed by atoms with Gasteiger partial charge < -0.3 is 19.6 Å². The van der Waals surface area contributed by atoms with Gasteiger partial charge in [-0.2, -0.15) is 0 Å². The van der Waals surface area contributed by atoms with Crippen molar-refractivity contribution in [2.75, 3.05) is 19.6 Å². The molecule has 4 unspecified atom stereocenters. The van der Waals surface area contributed by atoms with Crippen molar-refractivity contribution >= 4 is 121 Å². The molecule has 0 spiro atoms. The second-order valence-corrected chi connectivity index (χ2v) is 27.1. The van der Waals surface area contributed by atoms with E-state index in [-0.39, 0.29) is 36.5 Å². The highest BCUT2D eigenvalue weighted by Crippen LogP contribution is 2.56. The molecule has 436 valence electrons. The lowest BCUT2D eigenvalue weighted by atomic mass is 9.28. The molecule has 4 aliphatic heterocycles. The Labute approximate surface area is 548 Å². The van der Waals surface area contributed by atoms with E-state index in [1.807, 2.05) is 23.5 Å². The zero-order valence-electron chi connectivity index (χ0n) is 50.7. The molecule has 8 heteroatoms. The predicted molar refractivity (Wildman–Crippen MR) is 392 cm³/mol. The van der Waals surface area contributed by atoms with Crippen LogP contribution in [0.15, 0.2) is 359 Å². The average molecular weight is 1210 g/mol. The second kappa shape index (κ2) is 23.0. The molecule has 0 saturated heterocycles. The van der Waals surface area contributed by atoms with Gasteiger partial charge in [-0.25, -0.2) is 0 Å². The van der Waals surface area contributed by atoms with Crippen LogP contribution in [0, 0.1) is 5.92 Å². The molecule has 92 heavy (non-hydrogen) atoms. The van der Waals surface area contributed by atoms with Crippen LogP contribution in [0.1, 0.15) is 18.4 Å². The van der Waals surface area contributed by atoms with Crippen LogP contribution >= 0.6 is 23.5 Å². The number of thioether (sulfide) groups is 1. The number of benzene rings is 11. The third kappa shape index (κ3) is 9.17. The minimum atomic E-state index is -0.0798. The summed E-state index contributed by atoms with van der Waals surface area (Å²) < 4.78 is 0. The molecule has 4 nitrogen and oxygen atoms in total. The first-order valence-corrected chi connectivity index (χ1v) is 34.0. The van der Waals surface area contributed by atoms with E-state index in [0.29, 0.717) is 0 Å². The van der Waals surface area contributed by atoms with Gasteiger partial charge in [-0.05, 0) is 160 Å². The summed E-state index contributed by atoms with van der Waals surface area (Å²) in [7, 11) is 0. The largest absolute Gasteiger partial charge is 0.333 e. The van der Waals surface area contributed by atoms with Gasteiger partial charge in [0.15, 0.2) is 0 Å². The average Bonchev–Trinajstić information content (AvgIpc) is 0.697. The third-order valence-electron chi connectivity index (χ3n) is 19.7. The van der Waals surface area contributed by atoms with Gasteiger partial charge in [0.1, 0.15) is 0 Å². The molecule has 11 aromatic rings. The molecule has 18 rings (SSSR count). The SMILES string of the molecule is C1=CC(C2=CCCC=C2)C(N(c2ccccc2)c2cc3c4c(c2)N(c2ccccc2-c2ccccc2)C2=CC5Sc6cc(N(c7ccccc7)c7ccccc7)cc7c6B(c6ccccc6N7c6ccccc6)C5C=C2B4c2ccccc2S3)C(c2ccccc2)=C1. The molecule has 0 bridgehead atoms. The van der Waals surface area contributed by atoms with Crippen LogP contribution in [0.2, 0.25) is 5.82 Å². The molecular formula is C84H62B2N4S2. The summed E-state index contributed by atoms with van der Waals surface area (Å²) in [5, 5.41) is 0.0578. The van der Waals surface area contributed by atoms with Gasteiger partial charge in [0.05, 0.1) is 11.7 Å². The van der Waals surface area contributed by atoms with E-state index in [2.05, 4.69) is 347 Å². The molecule has 0 fully saturated rings. The Kier molecular flexibility index (Phi) is 13.7. The van der Waals surface area contributed by atoms with Gasteiger partial charge in [-0.15, -0.1) is 11.8 Å². The van der Waals surface area contributed by atoms with Gasteiger partial charge in [0, 0.05) is 88.3 Å². The van der Waals surface area contributed by atoms with Crippen molar-refractivity contribution in [3.8, 4) is 11.1 Å². The summed E-state index contributed by atoms with van der Waals surface area (Å²) in [5.41, 5.74) is 26.0. The Bertz CT molecular complexity index is 4840. The van der Waals surface area contributed by atoms with Gasteiger partial charge >= 0.3 is 0 Å². The molecule has 4 heterocycles. The quantitative estimate of drug-likeness (QED) is 0.119. The highest BCUT2D eigenvalue weighted by Gasteiger charge is 2.52. The van der Waals surface area contributed by atoms with Crippen molar-refractivity contribution in [1.82, 2.24) is 0 Å². The van der Waals surface area contributed by atoms with Gasteiger partial charge in [-0.1, -0.05) is 248 Å². The maximum atomic E-state index is 2.78. The highest BCUT2D eigenvalue weighted by molar-refractivity contribution is 8.00. The fraction of sp³-hybridized carbons (Fsp3) is 0.0714. The maximum Gasteiger partial charge on any atom is 0.249 e. The van der Waals surface area contributed by atoms with Gasteiger partial charge in [-0.3, -0.25) is 0 Å². The van der Waals surface area contributed by atoms with Crippen LogP contribution in [-0.4, -0.2) is 24.7 Å². The summed E-state index contributed by atoms with van der Waals surface area (Å²) in [6.45, 7) is 0.0213. The third-order valence-corrected chi connectivity index (χ3v) is 22.2. The number of fused-ring (bicyclic) bond motifs is 8. The summed E-state index contributed by atoms with van der Waals surface area (Å²) in [6.07, 6.45) is 22.0. The standard InChI is InChI=1S/C84H62B2N4S2/c1-8-29-57(30-9-1)66-43-22-25-48-73(66)90-75-56-79-72(85-69-46-23-26-49-74(69)89(63-41-20-7-21-42-63)76-51-64(53-81(92-79)82(76)85)87(60-35-14-4-15-36-60)61-37-16-5-17-38-61)55-71(75)86-70-47-24-27-50-78(70)91-80-54-65(52-77(90)83(80)86)88(62-39-18-6-19-40-62)84-67(58-31-10-2-11-32-58)44-28-45-68(84)59-33-12-3-13-34-59/h1-2,4-12,14-56,68,72,79,84H,3,13H2. The lowest BCUT2D eigenvalue weighted by molar-refractivity contribution is 0.651. The monoisotopic (exact) mass is 1210 g/mol. The molecule has 0 amide bonds. The second-order valence-electron chi connectivity index (χ2n) is 24.8. The first-order chi connectivity index (χ1) is 45.7. The molecular weight excluding hydrogens is 1150 g/mol. The number of hydrogen-bond donors (Lipinski definition) is 0. The predicted octanol–water partition coefficient (Wildman–Crippen LogP) is 19.4. The number of anilines is 10. The molecule has 0 saturated carbocycles. The Morgan fingerprint density at radius 3 is 1.77 bits per heavy atom. The topological polar surface area (TPSA) is 13.0 Å². The van der Waals surface area contributed by atoms with Crippen molar-refractivity contribution < 1.29 is 0 Å². The van der Waals surface area contributed by atoms with Gasteiger partial charge in [0.25, 0.3) is 0 Å². The van der Waals surface area contributed by atoms with Crippen molar-refractivity contribution in [2.24, 2.45) is 5.92 Å². The number of hydrogen-bond acceptors (Lipinski definition) is 6. The molecule has 3 aliphatic carbocycles. The van der Waals surface area contributed by atoms with Crippen molar-refractivity contribution in [3.63, 3.8) is 0 Å². The summed E-state index contributed by atoms with van der Waals surface area (Å²) >= 11 is 3.99. The number of nitrogens with zero attached hydrogens (tertiary/aromatic N) is 4. The van der Waals surface area contributed by atoms with E-state index in [0.717, 1.165) is 52.7 Å². The van der Waals surface area contributed by atoms with Crippen LogP contribution in [0.4, 0.5) is 56.9 Å². The van der Waals surface area contributed by atoms with E-state index in [9.17, 15) is 0 Å². The molecule has 4 atom stereocenters. The fourth-order valence-electron chi connectivity index (χ4n) is 15.9. The summed E-state index contributed by atoms with van der Waals surface area (Å²) in [4.78, 5) is 14.3. The van der Waals surface area contributed by atoms with E-state index in [1.54, 1.807) is 0 Å². The first-order valence-electron chi connectivity index (χ1n) is 32.4. The number of rotatable bonds is 11. The molecule has 0 N–H and O–H groups in total. The maximum absolute atomic E-state index is 2.78. The first kappa shape index (κ1) is 54.8. The molecule has 0 radical (unpaired) electrons.